The van der Waals surface area contributed by atoms with Crippen molar-refractivity contribution in [3.63, 3.8) is 0 Å². The number of benzene rings is 2. The van der Waals surface area contributed by atoms with Gasteiger partial charge in [0.1, 0.15) is 35.1 Å². The van der Waals surface area contributed by atoms with Gasteiger partial charge in [-0.3, -0.25) is 9.59 Å². The van der Waals surface area contributed by atoms with Crippen LogP contribution in [0.25, 0.3) is 0 Å². The number of rotatable bonds is 13. The standard InChI is InChI=1S/C34H49N3O8/c1-22(2)20-26(36-32(43)45-34(6,7)8)30(41)37(18-19-38)28(24-14-16-25(39)17-15-24)29(40)35-27(31(42)44-33(3,4)5)21-23-12-10-9-11-13-23/h9-17,22,26-28,38-39H,18-21H2,1-8H3,(H,35,40)(H,36,43). The smallest absolute Gasteiger partial charge is 0.408 e. The van der Waals surface area contributed by atoms with Gasteiger partial charge in [0.05, 0.1) is 6.61 Å². The number of ether oxygens (including phenoxy) is 2. The third kappa shape index (κ3) is 12.8. The second kappa shape index (κ2) is 16.3. The molecule has 0 fully saturated rings. The van der Waals surface area contributed by atoms with Gasteiger partial charge >= 0.3 is 12.1 Å². The molecule has 248 valence electrons. The van der Waals surface area contributed by atoms with Crippen molar-refractivity contribution < 1.29 is 38.9 Å². The highest BCUT2D eigenvalue weighted by molar-refractivity contribution is 5.94. The molecule has 0 bridgehead atoms. The molecule has 0 heterocycles. The van der Waals surface area contributed by atoms with E-state index in [4.69, 9.17) is 9.47 Å². The van der Waals surface area contributed by atoms with E-state index >= 15 is 0 Å². The lowest BCUT2D eigenvalue weighted by Crippen LogP contribution is -2.55. The molecule has 3 atom stereocenters. The van der Waals surface area contributed by atoms with Crippen LogP contribution in [-0.4, -0.2) is 75.4 Å². The molecule has 2 aromatic rings. The summed E-state index contributed by atoms with van der Waals surface area (Å²) in [6.45, 7) is 13.3. The van der Waals surface area contributed by atoms with Crippen molar-refractivity contribution in [3.05, 3.63) is 65.7 Å². The van der Waals surface area contributed by atoms with Gasteiger partial charge < -0.3 is 35.2 Å². The zero-order valence-corrected chi connectivity index (χ0v) is 27.6. The number of phenols is 1. The van der Waals surface area contributed by atoms with Gasteiger partial charge in [-0.05, 0) is 77.1 Å². The minimum absolute atomic E-state index is 0.0340. The maximum absolute atomic E-state index is 14.2. The molecule has 3 amide bonds. The van der Waals surface area contributed by atoms with E-state index in [1.54, 1.807) is 41.5 Å². The number of nitrogens with one attached hydrogen (secondary N) is 2. The van der Waals surface area contributed by atoms with E-state index in [-0.39, 0.29) is 31.1 Å². The summed E-state index contributed by atoms with van der Waals surface area (Å²) in [7, 11) is 0. The van der Waals surface area contributed by atoms with Gasteiger partial charge in [0.2, 0.25) is 11.8 Å². The van der Waals surface area contributed by atoms with Crippen molar-refractivity contribution in [2.75, 3.05) is 13.2 Å². The quantitative estimate of drug-likeness (QED) is 0.240. The number of aliphatic hydroxyl groups is 1. The highest BCUT2D eigenvalue weighted by Crippen LogP contribution is 2.26. The number of aliphatic hydroxyl groups excluding tert-OH is 1. The fourth-order valence-electron chi connectivity index (χ4n) is 4.61. The van der Waals surface area contributed by atoms with Crippen molar-refractivity contribution >= 4 is 23.9 Å². The molecule has 0 saturated heterocycles. The maximum Gasteiger partial charge on any atom is 0.408 e. The molecule has 45 heavy (non-hydrogen) atoms. The van der Waals surface area contributed by atoms with E-state index in [0.717, 1.165) is 5.56 Å². The summed E-state index contributed by atoms with van der Waals surface area (Å²) in [6, 6.07) is 11.3. The number of hydrogen-bond acceptors (Lipinski definition) is 8. The summed E-state index contributed by atoms with van der Waals surface area (Å²) < 4.78 is 11.0. The van der Waals surface area contributed by atoms with Crippen molar-refractivity contribution in [1.29, 1.82) is 0 Å². The van der Waals surface area contributed by atoms with E-state index in [2.05, 4.69) is 10.6 Å². The molecule has 11 nitrogen and oxygen atoms in total. The Morgan fingerprint density at radius 2 is 1.40 bits per heavy atom. The molecule has 0 aromatic heterocycles. The van der Waals surface area contributed by atoms with Crippen LogP contribution in [0.4, 0.5) is 4.79 Å². The molecule has 0 spiro atoms. The molecule has 2 rings (SSSR count). The van der Waals surface area contributed by atoms with E-state index in [1.165, 1.54) is 29.2 Å². The number of alkyl carbamates (subject to hydrolysis) is 1. The summed E-state index contributed by atoms with van der Waals surface area (Å²) in [6.07, 6.45) is -0.462. The first-order valence-electron chi connectivity index (χ1n) is 15.2. The van der Waals surface area contributed by atoms with E-state index in [1.807, 2.05) is 44.2 Å². The molecular weight excluding hydrogens is 578 g/mol. The summed E-state index contributed by atoms with van der Waals surface area (Å²) in [5.74, 6) is -2.09. The van der Waals surface area contributed by atoms with Crippen molar-refractivity contribution in [2.24, 2.45) is 5.92 Å². The van der Waals surface area contributed by atoms with Crippen molar-refractivity contribution in [3.8, 4) is 5.75 Å². The third-order valence-electron chi connectivity index (χ3n) is 6.38. The number of esters is 1. The first-order chi connectivity index (χ1) is 20.9. The van der Waals surface area contributed by atoms with Crippen LogP contribution in [0.3, 0.4) is 0 Å². The molecule has 0 radical (unpaired) electrons. The number of amides is 3. The lowest BCUT2D eigenvalue weighted by molar-refractivity contribution is -0.159. The molecule has 11 heteroatoms. The predicted molar refractivity (Wildman–Crippen MR) is 170 cm³/mol. The molecule has 2 aromatic carbocycles. The Labute approximate surface area is 266 Å². The Bertz CT molecular complexity index is 1270. The Hall–Kier alpha value is -4.12. The third-order valence-corrected chi connectivity index (χ3v) is 6.38. The van der Waals surface area contributed by atoms with Crippen LogP contribution in [0.5, 0.6) is 5.75 Å². The molecule has 0 saturated carbocycles. The molecule has 3 unspecified atom stereocenters. The van der Waals surface area contributed by atoms with Crippen LogP contribution in [0, 0.1) is 5.92 Å². The average molecular weight is 628 g/mol. The summed E-state index contributed by atoms with van der Waals surface area (Å²) >= 11 is 0. The summed E-state index contributed by atoms with van der Waals surface area (Å²) in [5, 5.41) is 25.4. The summed E-state index contributed by atoms with van der Waals surface area (Å²) in [5.41, 5.74) is -0.555. The highest BCUT2D eigenvalue weighted by atomic mass is 16.6. The van der Waals surface area contributed by atoms with Gasteiger partial charge in [0.25, 0.3) is 0 Å². The van der Waals surface area contributed by atoms with Crippen molar-refractivity contribution in [2.45, 2.75) is 97.6 Å². The van der Waals surface area contributed by atoms with Gasteiger partial charge in [0.15, 0.2) is 0 Å². The largest absolute Gasteiger partial charge is 0.508 e. The number of hydrogen-bond donors (Lipinski definition) is 4. The van der Waals surface area contributed by atoms with Crippen LogP contribution in [0.2, 0.25) is 0 Å². The van der Waals surface area contributed by atoms with Gasteiger partial charge in [0, 0.05) is 13.0 Å². The minimum Gasteiger partial charge on any atom is -0.508 e. The van der Waals surface area contributed by atoms with Crippen molar-refractivity contribution in [1.82, 2.24) is 15.5 Å². The molecular formula is C34H49N3O8. The van der Waals surface area contributed by atoms with Crippen LogP contribution in [0.1, 0.15) is 79.0 Å². The summed E-state index contributed by atoms with van der Waals surface area (Å²) in [4.78, 5) is 55.6. The van der Waals surface area contributed by atoms with E-state index in [0.29, 0.717) is 5.56 Å². The second-order valence-electron chi connectivity index (χ2n) is 13.4. The number of carbonyl (C=O) groups excluding carboxylic acids is 4. The van der Waals surface area contributed by atoms with Crippen LogP contribution >= 0.6 is 0 Å². The molecule has 0 aliphatic carbocycles. The minimum atomic E-state index is -1.35. The first-order valence-corrected chi connectivity index (χ1v) is 15.2. The average Bonchev–Trinajstić information content (AvgIpc) is 2.91. The van der Waals surface area contributed by atoms with E-state index < -0.39 is 59.8 Å². The maximum atomic E-state index is 14.2. The zero-order valence-electron chi connectivity index (χ0n) is 27.6. The topological polar surface area (TPSA) is 154 Å². The first kappa shape index (κ1) is 37.1. The second-order valence-corrected chi connectivity index (χ2v) is 13.4. The normalized spacial score (nSPS) is 13.7. The Morgan fingerprint density at radius 3 is 1.91 bits per heavy atom. The number of aromatic hydroxyl groups is 1. The van der Waals surface area contributed by atoms with E-state index in [9.17, 15) is 29.4 Å². The fourth-order valence-corrected chi connectivity index (χ4v) is 4.61. The Kier molecular flexibility index (Phi) is 13.4. The highest BCUT2D eigenvalue weighted by Gasteiger charge is 2.38. The number of carbonyl (C=O) groups is 4. The Morgan fingerprint density at radius 1 is 0.822 bits per heavy atom. The molecule has 0 aliphatic rings. The number of nitrogens with zero attached hydrogens (tertiary/aromatic N) is 1. The van der Waals surface area contributed by atoms with Crippen LogP contribution < -0.4 is 10.6 Å². The lowest BCUT2D eigenvalue weighted by Gasteiger charge is -2.35. The van der Waals surface area contributed by atoms with Gasteiger partial charge in [-0.15, -0.1) is 0 Å². The van der Waals surface area contributed by atoms with Crippen LogP contribution in [0.15, 0.2) is 54.6 Å². The zero-order chi connectivity index (χ0) is 33.9. The number of phenolic OH excluding ortho intramolecular Hbond substituents is 1. The SMILES string of the molecule is CC(C)CC(NC(=O)OC(C)(C)C)C(=O)N(CCO)C(C(=O)NC(Cc1ccccc1)C(=O)OC(C)(C)C)c1ccc(O)cc1. The predicted octanol–water partition coefficient (Wildman–Crippen LogP) is 4.26. The lowest BCUT2D eigenvalue weighted by atomic mass is 9.98. The van der Waals surface area contributed by atoms with Gasteiger partial charge in [-0.2, -0.15) is 0 Å². The van der Waals surface area contributed by atoms with Gasteiger partial charge in [-0.1, -0.05) is 56.3 Å². The fraction of sp³-hybridized carbons (Fsp3) is 0.529. The van der Waals surface area contributed by atoms with Crippen LogP contribution in [-0.2, 0) is 30.3 Å². The molecule has 4 N–H and O–H groups in total. The Balaban J connectivity index is 2.56. The molecule has 0 aliphatic heterocycles. The van der Waals surface area contributed by atoms with Gasteiger partial charge in [-0.25, -0.2) is 9.59 Å². The monoisotopic (exact) mass is 627 g/mol.